The zero-order valence-electron chi connectivity index (χ0n) is 23.7. The number of nitro groups is 1. The number of methoxy groups -OCH3 is 1. The number of aryl methyl sites for hydroxylation is 1. The lowest BCUT2D eigenvalue weighted by molar-refractivity contribution is -0.384. The number of hydrogen-bond acceptors (Lipinski definition) is 9. The molecule has 11 nitrogen and oxygen atoms in total. The van der Waals surface area contributed by atoms with Crippen LogP contribution in [0.5, 0.6) is 5.75 Å². The van der Waals surface area contributed by atoms with Crippen molar-refractivity contribution in [3.8, 4) is 28.4 Å². The van der Waals surface area contributed by atoms with Gasteiger partial charge in [-0.05, 0) is 25.7 Å². The topological polar surface area (TPSA) is 114 Å². The van der Waals surface area contributed by atoms with Crippen molar-refractivity contribution in [3.05, 3.63) is 83.2 Å². The SMILES string of the molecule is COc1cc(N(C)CCN(C)C)c([N+](=O)[O-])cc1Nc1ncnc(-c2c(-c3ccccc3)n(C)c3ccccc23)n1. The van der Waals surface area contributed by atoms with Gasteiger partial charge in [-0.25, -0.2) is 9.97 Å². The second-order valence-corrected chi connectivity index (χ2v) is 9.95. The van der Waals surface area contributed by atoms with Gasteiger partial charge in [-0.2, -0.15) is 4.98 Å². The third kappa shape index (κ3) is 5.52. The van der Waals surface area contributed by atoms with E-state index in [0.717, 1.165) is 34.3 Å². The van der Waals surface area contributed by atoms with Crippen LogP contribution in [0.25, 0.3) is 33.5 Å². The summed E-state index contributed by atoms with van der Waals surface area (Å²) in [5.41, 5.74) is 4.70. The minimum absolute atomic E-state index is 0.0516. The number of nitro benzene ring substituents is 1. The van der Waals surface area contributed by atoms with Crippen LogP contribution in [0.15, 0.2) is 73.1 Å². The zero-order valence-corrected chi connectivity index (χ0v) is 23.7. The number of anilines is 3. The van der Waals surface area contributed by atoms with Crippen molar-refractivity contribution in [2.45, 2.75) is 0 Å². The van der Waals surface area contributed by atoms with Gasteiger partial charge in [0.05, 0.1) is 29.0 Å². The molecule has 5 rings (SSSR count). The highest BCUT2D eigenvalue weighted by molar-refractivity contribution is 6.03. The smallest absolute Gasteiger partial charge is 0.294 e. The van der Waals surface area contributed by atoms with Crippen LogP contribution < -0.4 is 15.0 Å². The van der Waals surface area contributed by atoms with Gasteiger partial charge >= 0.3 is 0 Å². The molecule has 0 aliphatic carbocycles. The molecule has 0 spiro atoms. The molecule has 0 atom stereocenters. The molecule has 0 fully saturated rings. The fraction of sp³-hybridized carbons (Fsp3) is 0.233. The molecule has 1 N–H and O–H groups in total. The average Bonchev–Trinajstić information content (AvgIpc) is 3.28. The normalized spacial score (nSPS) is 11.2. The summed E-state index contributed by atoms with van der Waals surface area (Å²) in [6.45, 7) is 1.35. The van der Waals surface area contributed by atoms with E-state index in [0.29, 0.717) is 29.5 Å². The standard InChI is InChI=1S/C30H32N8O3/c1-35(2)15-16-36(3)24-18-26(41-5)22(17-25(24)38(39)40)33-30-32-19-31-29(34-30)27-21-13-9-10-14-23(21)37(4)28(27)20-11-7-6-8-12-20/h6-14,17-19H,15-16H2,1-5H3,(H,31,32,33,34). The van der Waals surface area contributed by atoms with Crippen LogP contribution in [0.2, 0.25) is 0 Å². The van der Waals surface area contributed by atoms with Gasteiger partial charge in [0.25, 0.3) is 5.69 Å². The Kier molecular flexibility index (Phi) is 7.79. The lowest BCUT2D eigenvalue weighted by atomic mass is 10.0. The van der Waals surface area contributed by atoms with Crippen molar-refractivity contribution in [2.24, 2.45) is 7.05 Å². The molecule has 5 aromatic rings. The van der Waals surface area contributed by atoms with Crippen LogP contribution in [0.4, 0.5) is 23.0 Å². The van der Waals surface area contributed by atoms with Gasteiger partial charge in [-0.1, -0.05) is 48.5 Å². The second-order valence-electron chi connectivity index (χ2n) is 9.95. The molecule has 41 heavy (non-hydrogen) atoms. The van der Waals surface area contributed by atoms with Gasteiger partial charge in [0.2, 0.25) is 5.95 Å². The number of aromatic nitrogens is 4. The quantitative estimate of drug-likeness (QED) is 0.181. The molecule has 11 heteroatoms. The lowest BCUT2D eigenvalue weighted by Crippen LogP contribution is -2.28. The van der Waals surface area contributed by atoms with E-state index in [2.05, 4.69) is 38.1 Å². The number of para-hydroxylation sites is 1. The number of benzene rings is 3. The number of rotatable bonds is 10. The van der Waals surface area contributed by atoms with Crippen molar-refractivity contribution >= 4 is 33.9 Å². The van der Waals surface area contributed by atoms with Crippen molar-refractivity contribution in [1.29, 1.82) is 0 Å². The van der Waals surface area contributed by atoms with Crippen molar-refractivity contribution in [3.63, 3.8) is 0 Å². The average molecular weight is 553 g/mol. The number of hydrogen-bond donors (Lipinski definition) is 1. The summed E-state index contributed by atoms with van der Waals surface area (Å²) in [5, 5.41) is 16.2. The maximum Gasteiger partial charge on any atom is 0.294 e. The van der Waals surface area contributed by atoms with E-state index in [1.807, 2.05) is 74.4 Å². The highest BCUT2D eigenvalue weighted by atomic mass is 16.6. The largest absolute Gasteiger partial charge is 0.494 e. The van der Waals surface area contributed by atoms with E-state index in [1.165, 1.54) is 19.5 Å². The Hall–Kier alpha value is -5.03. The molecule has 2 heterocycles. The predicted molar refractivity (Wildman–Crippen MR) is 162 cm³/mol. The number of ether oxygens (including phenoxy) is 1. The Balaban J connectivity index is 1.58. The zero-order chi connectivity index (χ0) is 29.1. The first-order valence-corrected chi connectivity index (χ1v) is 13.1. The first-order valence-electron chi connectivity index (χ1n) is 13.1. The first kappa shape index (κ1) is 27.5. The van der Waals surface area contributed by atoms with Crippen molar-refractivity contribution in [1.82, 2.24) is 24.4 Å². The molecule has 0 aliphatic rings. The molecule has 0 bridgehead atoms. The molecular formula is C30H32N8O3. The van der Waals surface area contributed by atoms with Crippen LogP contribution in [0, 0.1) is 10.1 Å². The number of nitrogens with zero attached hydrogens (tertiary/aromatic N) is 7. The van der Waals surface area contributed by atoms with Crippen LogP contribution in [0.3, 0.4) is 0 Å². The number of fused-ring (bicyclic) bond motifs is 1. The van der Waals surface area contributed by atoms with Crippen molar-refractivity contribution < 1.29 is 9.66 Å². The van der Waals surface area contributed by atoms with E-state index >= 15 is 0 Å². The Morgan fingerprint density at radius 1 is 1.00 bits per heavy atom. The van der Waals surface area contributed by atoms with Gasteiger partial charge in [-0.15, -0.1) is 0 Å². The van der Waals surface area contributed by atoms with Crippen LogP contribution >= 0.6 is 0 Å². The fourth-order valence-electron chi connectivity index (χ4n) is 4.90. The van der Waals surface area contributed by atoms with Crippen molar-refractivity contribution in [2.75, 3.05) is 51.6 Å². The van der Waals surface area contributed by atoms with Gasteiger partial charge in [0, 0.05) is 50.2 Å². The minimum atomic E-state index is -0.396. The molecule has 0 unspecified atom stereocenters. The Bertz CT molecular complexity index is 1700. The van der Waals surface area contributed by atoms with Crippen LogP contribution in [0.1, 0.15) is 0 Å². The molecule has 0 aliphatic heterocycles. The summed E-state index contributed by atoms with van der Waals surface area (Å²) in [4.78, 5) is 29.1. The monoisotopic (exact) mass is 552 g/mol. The van der Waals surface area contributed by atoms with Gasteiger partial charge in [0.1, 0.15) is 17.8 Å². The third-order valence-electron chi connectivity index (χ3n) is 6.98. The molecule has 0 amide bonds. The summed E-state index contributed by atoms with van der Waals surface area (Å²) in [6, 6.07) is 21.3. The predicted octanol–water partition coefficient (Wildman–Crippen LogP) is 5.36. The Morgan fingerprint density at radius 3 is 2.44 bits per heavy atom. The highest BCUT2D eigenvalue weighted by Crippen LogP contribution is 2.41. The minimum Gasteiger partial charge on any atom is -0.494 e. The summed E-state index contributed by atoms with van der Waals surface area (Å²) in [6.07, 6.45) is 1.44. The van der Waals surface area contributed by atoms with Gasteiger partial charge in [0.15, 0.2) is 5.82 Å². The third-order valence-corrected chi connectivity index (χ3v) is 6.98. The summed E-state index contributed by atoms with van der Waals surface area (Å²) >= 11 is 0. The molecular weight excluding hydrogens is 520 g/mol. The maximum atomic E-state index is 12.1. The lowest BCUT2D eigenvalue weighted by Gasteiger charge is -2.22. The van der Waals surface area contributed by atoms with E-state index in [4.69, 9.17) is 9.72 Å². The summed E-state index contributed by atoms with van der Waals surface area (Å²) in [7, 11) is 9.29. The summed E-state index contributed by atoms with van der Waals surface area (Å²) < 4.78 is 7.76. The second kappa shape index (κ2) is 11.6. The Labute approximate surface area is 238 Å². The molecule has 0 radical (unpaired) electrons. The first-order chi connectivity index (χ1) is 19.8. The van der Waals surface area contributed by atoms with Gasteiger partial charge in [-0.3, -0.25) is 10.1 Å². The Morgan fingerprint density at radius 2 is 1.73 bits per heavy atom. The van der Waals surface area contributed by atoms with E-state index in [9.17, 15) is 10.1 Å². The van der Waals surface area contributed by atoms with E-state index in [1.54, 1.807) is 6.07 Å². The molecule has 2 aromatic heterocycles. The van der Waals surface area contributed by atoms with Crippen LogP contribution in [-0.4, -0.2) is 70.7 Å². The van der Waals surface area contributed by atoms with Crippen LogP contribution in [-0.2, 0) is 7.05 Å². The maximum absolute atomic E-state index is 12.1. The molecule has 3 aromatic carbocycles. The highest BCUT2D eigenvalue weighted by Gasteiger charge is 2.24. The van der Waals surface area contributed by atoms with E-state index < -0.39 is 4.92 Å². The molecule has 210 valence electrons. The molecule has 0 saturated heterocycles. The van der Waals surface area contributed by atoms with Gasteiger partial charge < -0.3 is 24.4 Å². The van der Waals surface area contributed by atoms with E-state index in [-0.39, 0.29) is 11.6 Å². The number of nitrogens with one attached hydrogen (secondary N) is 1. The molecule has 0 saturated carbocycles. The fourth-order valence-corrected chi connectivity index (χ4v) is 4.90. The number of likely N-dealkylation sites (N-methyl/N-ethyl adjacent to an activating group) is 2. The summed E-state index contributed by atoms with van der Waals surface area (Å²) in [5.74, 6) is 1.15.